The number of fused-ring (bicyclic) bond motifs is 1. The lowest BCUT2D eigenvalue weighted by atomic mass is 10.1. The average Bonchev–Trinajstić information content (AvgIpc) is 4.14. The molecule has 1 aliphatic heterocycles. The van der Waals surface area contributed by atoms with Crippen molar-refractivity contribution in [2.45, 2.75) is 70.6 Å². The van der Waals surface area contributed by atoms with E-state index in [2.05, 4.69) is 30.3 Å². The van der Waals surface area contributed by atoms with Gasteiger partial charge in [-0.1, -0.05) is 35.0 Å². The Hall–Kier alpha value is -3.81. The summed E-state index contributed by atoms with van der Waals surface area (Å²) in [6.45, 7) is 6.91. The Labute approximate surface area is 438 Å². The summed E-state index contributed by atoms with van der Waals surface area (Å²) in [5.74, 6) is -1.33. The topological polar surface area (TPSA) is 209 Å². The summed E-state index contributed by atoms with van der Waals surface area (Å²) in [4.78, 5) is 28.9. The molecule has 3 unspecified atom stereocenters. The van der Waals surface area contributed by atoms with Crippen LogP contribution >= 0.6 is 43.8 Å². The van der Waals surface area contributed by atoms with Gasteiger partial charge in [0.2, 0.25) is 5.28 Å². The van der Waals surface area contributed by atoms with Gasteiger partial charge in [0, 0.05) is 75.5 Å². The van der Waals surface area contributed by atoms with Crippen LogP contribution in [-0.2, 0) is 68.8 Å². The first-order chi connectivity index (χ1) is 35.7. The second-order valence-electron chi connectivity index (χ2n) is 16.1. The molecule has 0 amide bonds. The number of hydrogen-bond donors (Lipinski definition) is 2. The third-order valence-corrected chi connectivity index (χ3v) is 13.3. The van der Waals surface area contributed by atoms with Gasteiger partial charge in [0.15, 0.2) is 11.9 Å². The van der Waals surface area contributed by atoms with E-state index in [4.69, 9.17) is 71.0 Å². The first-order valence-corrected chi connectivity index (χ1v) is 26.9. The maximum atomic E-state index is 13.7. The number of nitrogens with zero attached hydrogens (tertiary/aromatic N) is 8. The Morgan fingerprint density at radius 3 is 2.18 bits per heavy atom. The van der Waals surface area contributed by atoms with Gasteiger partial charge >= 0.3 is 0 Å². The second-order valence-corrected chi connectivity index (χ2v) is 19.0. The molecular formula is C47H64Cl2F3N8O11PS. The number of halogens is 5. The number of hydrogen-bond acceptors (Lipinski definition) is 17. The molecule has 2 N–H and O–H groups in total. The van der Waals surface area contributed by atoms with Gasteiger partial charge in [-0.15, -0.1) is 5.10 Å². The van der Waals surface area contributed by atoms with Crippen LogP contribution in [-0.4, -0.2) is 161 Å². The normalized spacial score (nSPS) is 14.7. The van der Waals surface area contributed by atoms with Crippen molar-refractivity contribution in [3.8, 4) is 0 Å². The van der Waals surface area contributed by atoms with E-state index in [1.807, 2.05) is 30.5 Å². The third-order valence-electron chi connectivity index (χ3n) is 10.8. The molecule has 6 rings (SSSR count). The maximum Gasteiger partial charge on any atom is 0.290 e. The highest BCUT2D eigenvalue weighted by Gasteiger charge is 2.30. The molecule has 0 spiro atoms. The van der Waals surface area contributed by atoms with E-state index < -0.39 is 17.5 Å². The van der Waals surface area contributed by atoms with Crippen molar-refractivity contribution in [1.82, 2.24) is 34.7 Å². The Morgan fingerprint density at radius 1 is 0.836 bits per heavy atom. The molecule has 26 heteroatoms. The second kappa shape index (κ2) is 35.4. The number of aromatic nitrogens is 7. The summed E-state index contributed by atoms with van der Waals surface area (Å²) in [6.07, 6.45) is 7.88. The molecule has 3 aromatic heterocycles. The van der Waals surface area contributed by atoms with Gasteiger partial charge in [-0.25, -0.2) is 22.5 Å². The standard InChI is InChI=1S/C46H62Cl2F3N8O9PS.CH2O2/c47-40-7-3-2-6-34(40)29-57(44-39-28-52-59(45(39)54-46(48)53-44)43-9-8-37(68-43)32-70-33-69-60)11-16-61-13-4-1-5-14-62-24-25-67-31-36-30-58(56-55-36)12-17-64-19-21-66-23-22-65-20-18-63-15-10-38-41(50)26-35(49)27-42(38)51;2-1-3/h2-3,6-7,26-28,30,37,43,60,69H,1,4-5,8-25,29,31-33H2;1H,(H,2,3). The molecule has 2 aromatic carbocycles. The summed E-state index contributed by atoms with van der Waals surface area (Å²) in [6, 6.07) is 9.04. The smallest absolute Gasteiger partial charge is 0.290 e. The lowest BCUT2D eigenvalue weighted by molar-refractivity contribution is -0.122. The zero-order chi connectivity index (χ0) is 51.9. The molecule has 1 saturated heterocycles. The number of anilines is 1. The van der Waals surface area contributed by atoms with Crippen molar-refractivity contribution < 1.29 is 65.9 Å². The van der Waals surface area contributed by atoms with Crippen molar-refractivity contribution in [2.75, 3.05) is 109 Å². The minimum atomic E-state index is -0.951. The van der Waals surface area contributed by atoms with Crippen molar-refractivity contribution in [2.24, 2.45) is 0 Å². The number of carbonyl (C=O) groups is 1. The highest BCUT2D eigenvalue weighted by Crippen LogP contribution is 2.35. The van der Waals surface area contributed by atoms with Crippen LogP contribution in [0.4, 0.5) is 19.0 Å². The van der Waals surface area contributed by atoms with E-state index in [0.29, 0.717) is 133 Å². The van der Waals surface area contributed by atoms with Crippen molar-refractivity contribution in [3.63, 3.8) is 0 Å². The maximum absolute atomic E-state index is 13.7. The van der Waals surface area contributed by atoms with Crippen LogP contribution in [0.25, 0.3) is 11.0 Å². The average molecular weight is 1110 g/mol. The number of carboxylic acid groups (broad SMARTS) is 1. The van der Waals surface area contributed by atoms with Gasteiger partial charge in [-0.3, -0.25) is 4.79 Å². The fraction of sp³-hybridized carbons (Fsp3) is 0.574. The first-order valence-electron chi connectivity index (χ1n) is 23.8. The number of benzene rings is 2. The highest BCUT2D eigenvalue weighted by molar-refractivity contribution is 8.03. The molecule has 404 valence electrons. The third kappa shape index (κ3) is 22.1. The van der Waals surface area contributed by atoms with Crippen molar-refractivity contribution in [1.29, 1.82) is 0 Å². The van der Waals surface area contributed by atoms with E-state index in [1.165, 1.54) is 0 Å². The fourth-order valence-corrected chi connectivity index (χ4v) is 9.03. The molecule has 0 saturated carbocycles. The van der Waals surface area contributed by atoms with Crippen molar-refractivity contribution in [3.05, 3.63) is 93.4 Å². The van der Waals surface area contributed by atoms with E-state index in [9.17, 15) is 18.1 Å². The monoisotopic (exact) mass is 1110 g/mol. The molecule has 5 aromatic rings. The molecule has 4 heterocycles. The summed E-state index contributed by atoms with van der Waals surface area (Å²) in [5.41, 5.74) is 2.78. The van der Waals surface area contributed by atoms with Crippen molar-refractivity contribution >= 4 is 67.1 Å². The fourth-order valence-electron chi connectivity index (χ4n) is 7.33. The number of thioether (sulfide) groups is 1. The van der Waals surface area contributed by atoms with E-state index in [0.717, 1.165) is 54.5 Å². The van der Waals surface area contributed by atoms with Gasteiger partial charge in [0.25, 0.3) is 6.47 Å². The van der Waals surface area contributed by atoms with Gasteiger partial charge in [-0.2, -0.15) is 26.8 Å². The zero-order valence-corrected chi connectivity index (χ0v) is 43.8. The van der Waals surface area contributed by atoms with Crippen LogP contribution in [0.15, 0.2) is 48.8 Å². The van der Waals surface area contributed by atoms with Gasteiger partial charge < -0.3 is 52.8 Å². The Kier molecular flexibility index (Phi) is 29.2. The Morgan fingerprint density at radius 2 is 1.48 bits per heavy atom. The number of rotatable bonds is 37. The molecule has 1 fully saturated rings. The summed E-state index contributed by atoms with van der Waals surface area (Å²) in [7, 11) is -0.0752. The SMILES string of the molecule is O=CO.OPCSCC1CCC(n2ncc3c(N(CCOCCCCCOCCOCc4cn(CCOCCOCCOCCOCCc5c(F)cc(F)cc5F)nn4)Cc4ccccc4Cl)nc(Cl)nc32)O1. The zero-order valence-electron chi connectivity index (χ0n) is 40.5. The van der Waals surface area contributed by atoms with E-state index in [-0.39, 0.29) is 58.1 Å². The van der Waals surface area contributed by atoms with Crippen LogP contribution in [0.3, 0.4) is 0 Å². The predicted molar refractivity (Wildman–Crippen MR) is 271 cm³/mol. The lowest BCUT2D eigenvalue weighted by Crippen LogP contribution is -2.28. The molecule has 3 atom stereocenters. The molecule has 73 heavy (non-hydrogen) atoms. The van der Waals surface area contributed by atoms with Crippen LogP contribution in [0.5, 0.6) is 0 Å². The number of unbranched alkanes of at least 4 members (excludes halogenated alkanes) is 2. The molecule has 19 nitrogen and oxygen atoms in total. The Bertz CT molecular complexity index is 2310. The Balaban J connectivity index is 0.00000321. The predicted octanol–water partition coefficient (Wildman–Crippen LogP) is 7.53. The van der Waals surface area contributed by atoms with E-state index in [1.54, 1.807) is 27.3 Å². The van der Waals surface area contributed by atoms with Crippen LogP contribution in [0.1, 0.15) is 55.2 Å². The summed E-state index contributed by atoms with van der Waals surface area (Å²) >= 11 is 14.9. The molecule has 1 aliphatic rings. The van der Waals surface area contributed by atoms with Gasteiger partial charge in [0.05, 0.1) is 110 Å². The van der Waals surface area contributed by atoms with Gasteiger partial charge in [-0.05, 0) is 55.3 Å². The molecule has 0 aliphatic carbocycles. The highest BCUT2D eigenvalue weighted by atomic mass is 35.5. The van der Waals surface area contributed by atoms with Crippen LogP contribution in [0.2, 0.25) is 10.3 Å². The van der Waals surface area contributed by atoms with E-state index >= 15 is 0 Å². The summed E-state index contributed by atoms with van der Waals surface area (Å²) < 4.78 is 89.6. The number of ether oxygens (including phenoxy) is 8. The molecular weight excluding hydrogens is 1040 g/mol. The summed E-state index contributed by atoms with van der Waals surface area (Å²) in [5, 5.41) is 21.4. The molecule has 0 radical (unpaired) electrons. The lowest BCUT2D eigenvalue weighted by Gasteiger charge is -2.25. The minimum absolute atomic E-state index is 0.00109. The van der Waals surface area contributed by atoms with Gasteiger partial charge in [0.1, 0.15) is 29.0 Å². The largest absolute Gasteiger partial charge is 0.483 e. The minimum Gasteiger partial charge on any atom is -0.483 e. The van der Waals surface area contributed by atoms with Crippen LogP contribution in [0, 0.1) is 17.5 Å². The van der Waals surface area contributed by atoms with Crippen LogP contribution < -0.4 is 4.90 Å². The quantitative estimate of drug-likeness (QED) is 0.0170. The molecule has 0 bridgehead atoms. The first kappa shape index (κ1) is 60.1.